The number of sulfonamides is 1. The highest BCUT2D eigenvalue weighted by Crippen LogP contribution is 2.19. The van der Waals surface area contributed by atoms with Crippen LogP contribution >= 0.6 is 0 Å². The Hall–Kier alpha value is -0.980. The molecule has 19 heavy (non-hydrogen) atoms. The lowest BCUT2D eigenvalue weighted by Crippen LogP contribution is -2.37. The molecule has 0 spiro atoms. The van der Waals surface area contributed by atoms with E-state index >= 15 is 0 Å². The normalized spacial score (nSPS) is 15.2. The Labute approximate surface area is 113 Å². The maximum absolute atomic E-state index is 13.2. The number of hydrogen-bond acceptors (Lipinski definition) is 3. The summed E-state index contributed by atoms with van der Waals surface area (Å²) in [5.74, 6) is -0.477. The van der Waals surface area contributed by atoms with Gasteiger partial charge in [-0.1, -0.05) is 26.3 Å². The summed E-state index contributed by atoms with van der Waals surface area (Å²) in [5.41, 5.74) is 0.185. The molecule has 2 N–H and O–H groups in total. The lowest BCUT2D eigenvalue weighted by atomic mass is 10.0. The van der Waals surface area contributed by atoms with E-state index < -0.39 is 22.4 Å². The number of rotatable bonds is 6. The van der Waals surface area contributed by atoms with E-state index in [1.165, 1.54) is 6.07 Å². The summed E-state index contributed by atoms with van der Waals surface area (Å²) < 4.78 is 40.1. The molecule has 0 aliphatic carbocycles. The number of halogens is 1. The molecular weight excluding hydrogens is 269 g/mol. The van der Waals surface area contributed by atoms with Crippen LogP contribution in [0.25, 0.3) is 0 Å². The van der Waals surface area contributed by atoms with Crippen LogP contribution in [0.15, 0.2) is 23.1 Å². The van der Waals surface area contributed by atoms with Crippen LogP contribution in [0, 0.1) is 11.7 Å². The Kier molecular flexibility index (Phi) is 5.46. The van der Waals surface area contributed by atoms with Crippen molar-refractivity contribution < 1.29 is 17.9 Å². The minimum Gasteiger partial charge on any atom is -0.392 e. The predicted molar refractivity (Wildman–Crippen MR) is 71.6 cm³/mol. The highest BCUT2D eigenvalue weighted by molar-refractivity contribution is 7.89. The predicted octanol–water partition coefficient (Wildman–Crippen LogP) is 2.03. The Morgan fingerprint density at radius 1 is 1.37 bits per heavy atom. The molecule has 1 aromatic rings. The molecule has 0 aromatic heterocycles. The Balaban J connectivity index is 3.10. The quantitative estimate of drug-likeness (QED) is 0.842. The molecule has 2 atom stereocenters. The minimum atomic E-state index is -3.83. The van der Waals surface area contributed by atoms with Gasteiger partial charge in [0.15, 0.2) is 0 Å². The Morgan fingerprint density at radius 3 is 2.53 bits per heavy atom. The average Bonchev–Trinajstić information content (AvgIpc) is 2.37. The summed E-state index contributed by atoms with van der Waals surface area (Å²) in [6.45, 7) is 5.22. The summed E-state index contributed by atoms with van der Waals surface area (Å²) in [4.78, 5) is -0.204. The molecule has 1 aromatic carbocycles. The van der Waals surface area contributed by atoms with Gasteiger partial charge < -0.3 is 5.11 Å². The average molecular weight is 289 g/mol. The van der Waals surface area contributed by atoms with Gasteiger partial charge >= 0.3 is 0 Å². The second kappa shape index (κ2) is 6.45. The second-order valence-electron chi connectivity index (χ2n) is 4.71. The zero-order valence-electron chi connectivity index (χ0n) is 11.4. The van der Waals surface area contributed by atoms with Crippen molar-refractivity contribution in [2.24, 2.45) is 5.92 Å². The Morgan fingerprint density at radius 2 is 2.00 bits per heavy atom. The zero-order valence-corrected chi connectivity index (χ0v) is 12.2. The van der Waals surface area contributed by atoms with Crippen molar-refractivity contribution in [2.45, 2.75) is 44.7 Å². The number of nitrogens with one attached hydrogen (secondary N) is 1. The maximum atomic E-state index is 13.2. The summed E-state index contributed by atoms with van der Waals surface area (Å²) in [7, 11) is -3.83. The Bertz CT molecular complexity index is 531. The first-order chi connectivity index (χ1) is 8.81. The van der Waals surface area contributed by atoms with Crippen molar-refractivity contribution in [3.8, 4) is 0 Å². The molecule has 0 saturated carbocycles. The largest absolute Gasteiger partial charge is 0.392 e. The molecule has 0 bridgehead atoms. The van der Waals surface area contributed by atoms with Crippen molar-refractivity contribution in [3.63, 3.8) is 0 Å². The summed E-state index contributed by atoms with van der Waals surface area (Å²) in [6, 6.07) is 3.07. The highest BCUT2D eigenvalue weighted by Gasteiger charge is 2.23. The maximum Gasteiger partial charge on any atom is 0.241 e. The minimum absolute atomic E-state index is 0.168. The lowest BCUT2D eigenvalue weighted by Gasteiger charge is -2.20. The molecule has 0 aliphatic heterocycles. The topological polar surface area (TPSA) is 66.4 Å². The lowest BCUT2D eigenvalue weighted by molar-refractivity contribution is 0.278. The fourth-order valence-electron chi connectivity index (χ4n) is 1.69. The third kappa shape index (κ3) is 3.99. The van der Waals surface area contributed by atoms with Gasteiger partial charge in [0.05, 0.1) is 11.5 Å². The standard InChI is InChI=1S/C13H20FNO3S/c1-4-9(2)10(3)15-19(17,18)13-7-12(14)6-5-11(13)8-16/h5-7,9-10,15-16H,4,8H2,1-3H3. The highest BCUT2D eigenvalue weighted by atomic mass is 32.2. The summed E-state index contributed by atoms with van der Waals surface area (Å²) in [6.07, 6.45) is 0.833. The van der Waals surface area contributed by atoms with E-state index in [1.54, 1.807) is 6.92 Å². The molecular formula is C13H20FNO3S. The van der Waals surface area contributed by atoms with E-state index in [1.807, 2.05) is 13.8 Å². The van der Waals surface area contributed by atoms with Gasteiger partial charge in [-0.15, -0.1) is 0 Å². The van der Waals surface area contributed by atoms with Crippen LogP contribution in [-0.4, -0.2) is 19.6 Å². The first-order valence-corrected chi connectivity index (χ1v) is 7.71. The van der Waals surface area contributed by atoms with Crippen molar-refractivity contribution in [1.82, 2.24) is 4.72 Å². The number of benzene rings is 1. The van der Waals surface area contributed by atoms with Gasteiger partial charge in [-0.3, -0.25) is 0 Å². The second-order valence-corrected chi connectivity index (χ2v) is 6.39. The van der Waals surface area contributed by atoms with Gasteiger partial charge in [0.25, 0.3) is 0 Å². The van der Waals surface area contributed by atoms with E-state index in [0.29, 0.717) is 0 Å². The van der Waals surface area contributed by atoms with Crippen LogP contribution in [0.4, 0.5) is 4.39 Å². The zero-order chi connectivity index (χ0) is 14.6. The summed E-state index contributed by atoms with van der Waals surface area (Å²) in [5, 5.41) is 9.15. The van der Waals surface area contributed by atoms with Gasteiger partial charge in [-0.05, 0) is 30.5 Å². The molecule has 0 radical (unpaired) electrons. The molecule has 2 unspecified atom stereocenters. The van der Waals surface area contributed by atoms with Gasteiger partial charge in [0, 0.05) is 6.04 Å². The van der Waals surface area contributed by atoms with Crippen LogP contribution < -0.4 is 4.72 Å². The van der Waals surface area contributed by atoms with Crippen LogP contribution in [0.1, 0.15) is 32.8 Å². The number of hydrogen-bond donors (Lipinski definition) is 2. The van der Waals surface area contributed by atoms with Crippen molar-refractivity contribution in [1.29, 1.82) is 0 Å². The fraction of sp³-hybridized carbons (Fsp3) is 0.538. The number of aliphatic hydroxyl groups excluding tert-OH is 1. The molecule has 0 aliphatic rings. The van der Waals surface area contributed by atoms with Gasteiger partial charge in [-0.25, -0.2) is 17.5 Å². The molecule has 0 saturated heterocycles. The molecule has 0 fully saturated rings. The van der Waals surface area contributed by atoms with Crippen LogP contribution in [-0.2, 0) is 16.6 Å². The third-order valence-electron chi connectivity index (χ3n) is 3.33. The summed E-state index contributed by atoms with van der Waals surface area (Å²) >= 11 is 0. The monoisotopic (exact) mass is 289 g/mol. The SMILES string of the molecule is CCC(C)C(C)NS(=O)(=O)c1cc(F)ccc1CO. The smallest absolute Gasteiger partial charge is 0.241 e. The molecule has 4 nitrogen and oxygen atoms in total. The molecule has 0 amide bonds. The van der Waals surface area contributed by atoms with Crippen LogP contribution in [0.2, 0.25) is 0 Å². The molecule has 1 rings (SSSR count). The number of aliphatic hydroxyl groups is 1. The third-order valence-corrected chi connectivity index (χ3v) is 4.97. The van der Waals surface area contributed by atoms with Crippen LogP contribution in [0.5, 0.6) is 0 Å². The van der Waals surface area contributed by atoms with Gasteiger partial charge in [0.1, 0.15) is 5.82 Å². The first-order valence-electron chi connectivity index (χ1n) is 6.23. The van der Waals surface area contributed by atoms with Gasteiger partial charge in [0.2, 0.25) is 10.0 Å². The van der Waals surface area contributed by atoms with E-state index in [-0.39, 0.29) is 22.4 Å². The fourth-order valence-corrected chi connectivity index (χ4v) is 3.28. The van der Waals surface area contributed by atoms with Gasteiger partial charge in [-0.2, -0.15) is 0 Å². The molecule has 6 heteroatoms. The molecule has 0 heterocycles. The van der Waals surface area contributed by atoms with E-state index in [0.717, 1.165) is 18.6 Å². The van der Waals surface area contributed by atoms with E-state index in [2.05, 4.69) is 4.72 Å². The molecule has 108 valence electrons. The van der Waals surface area contributed by atoms with Crippen molar-refractivity contribution >= 4 is 10.0 Å². The first kappa shape index (κ1) is 16.1. The van der Waals surface area contributed by atoms with Crippen LogP contribution in [0.3, 0.4) is 0 Å². The van der Waals surface area contributed by atoms with E-state index in [4.69, 9.17) is 5.11 Å². The van der Waals surface area contributed by atoms with E-state index in [9.17, 15) is 12.8 Å². The van der Waals surface area contributed by atoms with Crippen molar-refractivity contribution in [2.75, 3.05) is 0 Å². The van der Waals surface area contributed by atoms with Crippen molar-refractivity contribution in [3.05, 3.63) is 29.6 Å².